The topological polar surface area (TPSA) is 80.9 Å². The highest BCUT2D eigenvalue weighted by Crippen LogP contribution is 2.55. The monoisotopic (exact) mass is 478 g/mol. The Bertz CT molecular complexity index is 930. The van der Waals surface area contributed by atoms with Crippen LogP contribution in [0, 0.1) is 11.8 Å². The molecule has 8 heteroatoms. The molecule has 4 nitrogen and oxygen atoms in total. The second kappa shape index (κ2) is 8.61. The van der Waals surface area contributed by atoms with Gasteiger partial charge in [-0.25, -0.2) is 17.6 Å². The molecular weight excluding hydrogens is 452 g/mol. The van der Waals surface area contributed by atoms with Gasteiger partial charge in [-0.3, -0.25) is 0 Å². The van der Waals surface area contributed by atoms with Gasteiger partial charge in [-0.05, 0) is 24.3 Å². The zero-order chi connectivity index (χ0) is 24.8. The van der Waals surface area contributed by atoms with E-state index >= 15 is 0 Å². The highest BCUT2D eigenvalue weighted by molar-refractivity contribution is 5.37. The molecule has 4 N–H and O–H groups in total. The minimum Gasteiger partial charge on any atom is -0.385 e. The third kappa shape index (κ3) is 4.43. The molecule has 4 atom stereocenters. The van der Waals surface area contributed by atoms with Crippen molar-refractivity contribution < 1.29 is 38.0 Å². The van der Waals surface area contributed by atoms with E-state index in [0.717, 1.165) is 24.3 Å². The van der Waals surface area contributed by atoms with Crippen molar-refractivity contribution in [2.45, 2.75) is 48.1 Å². The zero-order valence-electron chi connectivity index (χ0n) is 18.2. The summed E-state index contributed by atoms with van der Waals surface area (Å²) < 4.78 is 57.8. The largest absolute Gasteiger partial charge is 0.385 e. The van der Waals surface area contributed by atoms with E-state index in [1.54, 1.807) is 0 Å². The van der Waals surface area contributed by atoms with Crippen LogP contribution in [0.2, 0.25) is 0 Å². The molecule has 0 saturated heterocycles. The third-order valence-corrected chi connectivity index (χ3v) is 6.94. The van der Waals surface area contributed by atoms with Crippen molar-refractivity contribution in [2.24, 2.45) is 11.8 Å². The molecule has 182 valence electrons. The van der Waals surface area contributed by atoms with Crippen LogP contribution >= 0.6 is 0 Å². The molecule has 4 aliphatic rings. The fourth-order valence-electron chi connectivity index (χ4n) is 5.70. The number of halogens is 4. The first-order chi connectivity index (χ1) is 15.9. The zero-order valence-corrected chi connectivity index (χ0v) is 18.2. The van der Waals surface area contributed by atoms with Gasteiger partial charge in [0.1, 0.15) is 23.3 Å². The Kier molecular flexibility index (Phi) is 6.23. The van der Waals surface area contributed by atoms with Crippen molar-refractivity contribution in [1.29, 1.82) is 0 Å². The first kappa shape index (κ1) is 24.6. The van der Waals surface area contributed by atoms with Crippen molar-refractivity contribution in [3.8, 4) is 0 Å². The van der Waals surface area contributed by atoms with Gasteiger partial charge in [0.25, 0.3) is 0 Å². The van der Waals surface area contributed by atoms with E-state index < -0.39 is 83.2 Å². The first-order valence-electron chi connectivity index (χ1n) is 10.9. The highest BCUT2D eigenvalue weighted by Gasteiger charge is 2.63. The van der Waals surface area contributed by atoms with Gasteiger partial charge in [-0.1, -0.05) is 48.6 Å². The Morgan fingerprint density at radius 2 is 0.676 bits per heavy atom. The van der Waals surface area contributed by atoms with E-state index in [-0.39, 0.29) is 0 Å². The Morgan fingerprint density at radius 1 is 0.471 bits per heavy atom. The lowest BCUT2D eigenvalue weighted by Gasteiger charge is -2.56. The summed E-state index contributed by atoms with van der Waals surface area (Å²) in [5.74, 6) is -6.48. The van der Waals surface area contributed by atoms with E-state index in [2.05, 4.69) is 0 Å². The van der Waals surface area contributed by atoms with Gasteiger partial charge >= 0.3 is 0 Å². The summed E-state index contributed by atoms with van der Waals surface area (Å²) in [4.78, 5) is 0. The van der Waals surface area contributed by atoms with E-state index in [1.807, 2.05) is 0 Å². The van der Waals surface area contributed by atoms with Gasteiger partial charge in [0.05, 0.1) is 22.4 Å². The van der Waals surface area contributed by atoms with Crippen molar-refractivity contribution >= 4 is 0 Å². The minimum absolute atomic E-state index is 0.664. The van der Waals surface area contributed by atoms with Gasteiger partial charge in [0, 0.05) is 37.5 Å². The number of allylic oxidation sites excluding steroid dienone is 8. The van der Waals surface area contributed by atoms with Crippen molar-refractivity contribution in [2.75, 3.05) is 0 Å². The van der Waals surface area contributed by atoms with Gasteiger partial charge < -0.3 is 20.4 Å². The maximum absolute atomic E-state index is 14.4. The summed E-state index contributed by atoms with van der Waals surface area (Å²) in [6.45, 7) is 0. The van der Waals surface area contributed by atoms with E-state index in [4.69, 9.17) is 0 Å². The molecular formula is C26H26F4O4. The molecule has 0 aromatic carbocycles. The average Bonchev–Trinajstić information content (AvgIpc) is 2.70. The van der Waals surface area contributed by atoms with Crippen LogP contribution in [0.1, 0.15) is 25.7 Å². The summed E-state index contributed by atoms with van der Waals surface area (Å²) >= 11 is 0. The molecule has 0 saturated carbocycles. The van der Waals surface area contributed by atoms with Gasteiger partial charge in [-0.2, -0.15) is 0 Å². The summed E-state index contributed by atoms with van der Waals surface area (Å²) in [7, 11) is 0. The van der Waals surface area contributed by atoms with E-state index in [9.17, 15) is 38.0 Å². The molecule has 0 aliphatic heterocycles. The predicted molar refractivity (Wildman–Crippen MR) is 119 cm³/mol. The van der Waals surface area contributed by atoms with Crippen LogP contribution in [-0.2, 0) is 0 Å². The number of rotatable bonds is 5. The Balaban J connectivity index is 1.96. The molecule has 0 heterocycles. The maximum Gasteiger partial charge on any atom is 0.103 e. The van der Waals surface area contributed by atoms with Crippen LogP contribution in [0.5, 0.6) is 0 Å². The summed E-state index contributed by atoms with van der Waals surface area (Å²) in [5, 5.41) is 46.8. The molecule has 0 aromatic rings. The Hall–Kier alpha value is -2.52. The molecule has 4 unspecified atom stereocenters. The lowest BCUT2D eigenvalue weighted by atomic mass is 9.54. The molecule has 0 radical (unpaired) electrons. The highest BCUT2D eigenvalue weighted by atomic mass is 19.1. The maximum atomic E-state index is 14.4. The predicted octanol–water partition coefficient (Wildman–Crippen LogP) is 4.40. The molecule has 0 fully saturated rings. The van der Waals surface area contributed by atoms with Crippen LogP contribution in [-0.4, -0.2) is 42.8 Å². The van der Waals surface area contributed by atoms with E-state index in [1.165, 1.54) is 48.6 Å². The van der Waals surface area contributed by atoms with Gasteiger partial charge in [0.15, 0.2) is 0 Å². The molecule has 0 aromatic heterocycles. The first-order valence-corrected chi connectivity index (χ1v) is 10.9. The van der Waals surface area contributed by atoms with Crippen LogP contribution < -0.4 is 0 Å². The summed E-state index contributed by atoms with van der Waals surface area (Å²) in [5.41, 5.74) is -9.05. The van der Waals surface area contributed by atoms with Crippen molar-refractivity contribution in [3.05, 3.63) is 96.2 Å². The fourth-order valence-corrected chi connectivity index (χ4v) is 5.70. The molecule has 34 heavy (non-hydrogen) atoms. The molecule has 0 bridgehead atoms. The lowest BCUT2D eigenvalue weighted by Crippen LogP contribution is -2.65. The van der Waals surface area contributed by atoms with Gasteiger partial charge in [-0.15, -0.1) is 0 Å². The molecule has 4 aliphatic carbocycles. The van der Waals surface area contributed by atoms with Gasteiger partial charge in [0.2, 0.25) is 0 Å². The SMILES string of the molecule is OC1(C(C(C2(O)C=CC=C(F)C2)C2(O)C=CC=C(F)C2)C2(O)C=CC=C(F)C2)C=CC=C(F)C1. The van der Waals surface area contributed by atoms with Crippen LogP contribution in [0.3, 0.4) is 0 Å². The van der Waals surface area contributed by atoms with E-state index in [0.29, 0.717) is 0 Å². The minimum atomic E-state index is -2.26. The summed E-state index contributed by atoms with van der Waals surface area (Å²) in [6, 6.07) is 0. The van der Waals surface area contributed by atoms with Crippen molar-refractivity contribution in [3.63, 3.8) is 0 Å². The van der Waals surface area contributed by atoms with Crippen molar-refractivity contribution in [1.82, 2.24) is 0 Å². The number of hydrogen-bond acceptors (Lipinski definition) is 4. The standard InChI is InChI=1S/C26H26F4O4/c27-17-5-1-9-23(31,13-17)21(24(32)10-2-6-18(28)14-24)22(25(33)11-3-7-19(29)15-25)26(34)12-4-8-20(30)16-26/h1-12,21-22,31-34H,13-16H2. The van der Waals surface area contributed by atoms with Crippen LogP contribution in [0.15, 0.2) is 96.2 Å². The molecule has 0 amide bonds. The number of aliphatic hydroxyl groups is 4. The second-order valence-corrected chi connectivity index (χ2v) is 9.52. The third-order valence-electron chi connectivity index (χ3n) is 6.94. The number of hydrogen-bond donors (Lipinski definition) is 4. The van der Waals surface area contributed by atoms with Crippen LogP contribution in [0.4, 0.5) is 17.6 Å². The smallest absolute Gasteiger partial charge is 0.103 e. The van der Waals surface area contributed by atoms with Crippen LogP contribution in [0.25, 0.3) is 0 Å². The lowest BCUT2D eigenvalue weighted by molar-refractivity contribution is -0.192. The molecule has 4 rings (SSSR count). The quantitative estimate of drug-likeness (QED) is 0.442. The Labute approximate surface area is 194 Å². The second-order valence-electron chi connectivity index (χ2n) is 9.52. The Morgan fingerprint density at radius 3 is 0.853 bits per heavy atom. The average molecular weight is 478 g/mol. The fraction of sp³-hybridized carbons (Fsp3) is 0.385. The molecule has 0 spiro atoms. The normalized spacial score (nSPS) is 39.2. The summed E-state index contributed by atoms with van der Waals surface area (Å²) in [6.07, 6.45) is 11.2.